The zero-order chi connectivity index (χ0) is 21.3. The number of carbonyl (C=O) groups is 2. The second-order valence-corrected chi connectivity index (χ2v) is 6.10. The third kappa shape index (κ3) is 5.20. The van der Waals surface area contributed by atoms with Gasteiger partial charge in [-0.2, -0.15) is 5.10 Å². The summed E-state index contributed by atoms with van der Waals surface area (Å²) >= 11 is 0. The number of hydrogen-bond donors (Lipinski definition) is 2. The van der Waals surface area contributed by atoms with Crippen LogP contribution in [0.3, 0.4) is 0 Å². The maximum absolute atomic E-state index is 12.1. The molecule has 3 rings (SSSR count). The molecule has 0 aliphatic rings. The maximum atomic E-state index is 12.1. The summed E-state index contributed by atoms with van der Waals surface area (Å²) in [6.45, 7) is 0.199. The van der Waals surface area contributed by atoms with E-state index in [9.17, 15) is 9.59 Å². The first-order valence-electron chi connectivity index (χ1n) is 8.94. The minimum Gasteiger partial charge on any atom is -0.493 e. The summed E-state index contributed by atoms with van der Waals surface area (Å²) in [6.07, 6.45) is 4.51. The Morgan fingerprint density at radius 3 is 2.47 bits per heavy atom. The first kappa shape index (κ1) is 20.5. The van der Waals surface area contributed by atoms with E-state index in [0.29, 0.717) is 22.6 Å². The second kappa shape index (κ2) is 9.83. The summed E-state index contributed by atoms with van der Waals surface area (Å²) in [5, 5.41) is 13.0. The molecule has 0 fully saturated rings. The van der Waals surface area contributed by atoms with Crippen molar-refractivity contribution in [3.05, 3.63) is 89.2 Å². The molecule has 8 heteroatoms. The molecule has 1 heterocycles. The van der Waals surface area contributed by atoms with Crippen LogP contribution in [-0.2, 0) is 6.61 Å². The van der Waals surface area contributed by atoms with E-state index in [1.165, 1.54) is 37.9 Å². The van der Waals surface area contributed by atoms with Crippen molar-refractivity contribution in [1.29, 1.82) is 0 Å². The number of methoxy groups -OCH3 is 1. The predicted molar refractivity (Wildman–Crippen MR) is 110 cm³/mol. The molecule has 0 saturated heterocycles. The molecule has 8 nitrogen and oxygen atoms in total. The van der Waals surface area contributed by atoms with Crippen molar-refractivity contribution >= 4 is 18.1 Å². The van der Waals surface area contributed by atoms with E-state index in [1.54, 1.807) is 42.5 Å². The highest BCUT2D eigenvalue weighted by molar-refractivity contribution is 5.95. The number of amides is 1. The average molecular weight is 405 g/mol. The van der Waals surface area contributed by atoms with Gasteiger partial charge in [-0.15, -0.1) is 0 Å². The molecule has 3 aromatic rings. The lowest BCUT2D eigenvalue weighted by atomic mass is 10.1. The number of benzene rings is 2. The van der Waals surface area contributed by atoms with Crippen LogP contribution in [0.1, 0.15) is 31.8 Å². The highest BCUT2D eigenvalue weighted by Crippen LogP contribution is 2.30. The van der Waals surface area contributed by atoms with Crippen molar-refractivity contribution in [3.63, 3.8) is 0 Å². The Balaban J connectivity index is 1.72. The Morgan fingerprint density at radius 2 is 1.80 bits per heavy atom. The van der Waals surface area contributed by atoms with Crippen LogP contribution >= 0.6 is 0 Å². The fourth-order valence-corrected chi connectivity index (χ4v) is 2.58. The second-order valence-electron chi connectivity index (χ2n) is 6.10. The molecule has 2 aromatic carbocycles. The summed E-state index contributed by atoms with van der Waals surface area (Å²) in [5.74, 6) is -0.400. The molecule has 30 heavy (non-hydrogen) atoms. The standard InChI is InChI=1S/C22H19N3O5/c1-29-19-4-2-3-18(13-24-25-21(26)16-9-11-23-12-10-16)20(19)30-14-15-5-7-17(8-6-15)22(27)28/h2-13H,14H2,1H3,(H,25,26)(H,27,28)/b24-13-. The molecule has 0 radical (unpaired) electrons. The lowest BCUT2D eigenvalue weighted by molar-refractivity contribution is 0.0696. The van der Waals surface area contributed by atoms with Gasteiger partial charge >= 0.3 is 5.97 Å². The number of carboxylic acids is 1. The molecular weight excluding hydrogens is 386 g/mol. The number of carbonyl (C=O) groups excluding carboxylic acids is 1. The van der Waals surface area contributed by atoms with Crippen LogP contribution in [-0.4, -0.2) is 35.3 Å². The molecule has 1 amide bonds. The van der Waals surface area contributed by atoms with Gasteiger partial charge in [0.25, 0.3) is 5.91 Å². The Bertz CT molecular complexity index is 1050. The highest BCUT2D eigenvalue weighted by Gasteiger charge is 2.11. The minimum absolute atomic E-state index is 0.199. The van der Waals surface area contributed by atoms with Gasteiger partial charge in [0.05, 0.1) is 18.9 Å². The SMILES string of the molecule is COc1cccc(/C=N\NC(=O)c2ccncc2)c1OCc1ccc(C(=O)O)cc1. The fourth-order valence-electron chi connectivity index (χ4n) is 2.58. The molecule has 0 aliphatic carbocycles. The number of hydrogen-bond acceptors (Lipinski definition) is 6. The highest BCUT2D eigenvalue weighted by atomic mass is 16.5. The fraction of sp³-hybridized carbons (Fsp3) is 0.0909. The van der Waals surface area contributed by atoms with Crippen LogP contribution in [0.5, 0.6) is 11.5 Å². The zero-order valence-corrected chi connectivity index (χ0v) is 16.1. The van der Waals surface area contributed by atoms with Crippen molar-refractivity contribution in [2.75, 3.05) is 7.11 Å². The molecular formula is C22H19N3O5. The number of nitrogens with one attached hydrogen (secondary N) is 1. The smallest absolute Gasteiger partial charge is 0.335 e. The molecule has 0 atom stereocenters. The molecule has 0 spiro atoms. The average Bonchev–Trinajstić information content (AvgIpc) is 2.78. The van der Waals surface area contributed by atoms with E-state index in [-0.39, 0.29) is 18.1 Å². The molecule has 152 valence electrons. The van der Waals surface area contributed by atoms with Gasteiger partial charge in [0.1, 0.15) is 6.61 Å². The van der Waals surface area contributed by atoms with Gasteiger partial charge in [-0.25, -0.2) is 10.2 Å². The van der Waals surface area contributed by atoms with E-state index in [0.717, 1.165) is 5.56 Å². The number of nitrogens with zero attached hydrogens (tertiary/aromatic N) is 2. The summed E-state index contributed by atoms with van der Waals surface area (Å²) in [6, 6.07) is 14.9. The van der Waals surface area contributed by atoms with E-state index >= 15 is 0 Å². The van der Waals surface area contributed by atoms with Crippen LogP contribution in [0.15, 0.2) is 72.1 Å². The normalized spacial score (nSPS) is 10.6. The number of aromatic nitrogens is 1. The van der Waals surface area contributed by atoms with E-state index < -0.39 is 5.97 Å². The number of aromatic carboxylic acids is 1. The topological polar surface area (TPSA) is 110 Å². The number of pyridine rings is 1. The van der Waals surface area contributed by atoms with Gasteiger partial charge in [-0.1, -0.05) is 18.2 Å². The molecule has 0 saturated carbocycles. The summed E-state index contributed by atoms with van der Waals surface area (Å²) in [5.41, 5.74) is 4.49. The third-order valence-electron chi connectivity index (χ3n) is 4.13. The van der Waals surface area contributed by atoms with Crippen LogP contribution in [0, 0.1) is 0 Å². The molecule has 0 unspecified atom stereocenters. The van der Waals surface area contributed by atoms with E-state index in [1.807, 2.05) is 0 Å². The van der Waals surface area contributed by atoms with Crippen LogP contribution in [0.2, 0.25) is 0 Å². The summed E-state index contributed by atoms with van der Waals surface area (Å²) in [4.78, 5) is 26.9. The maximum Gasteiger partial charge on any atom is 0.335 e. The van der Waals surface area contributed by atoms with E-state index in [2.05, 4.69) is 15.5 Å². The third-order valence-corrected chi connectivity index (χ3v) is 4.13. The molecule has 2 N–H and O–H groups in total. The van der Waals surface area contributed by atoms with Gasteiger partial charge in [-0.05, 0) is 42.0 Å². The Hall–Kier alpha value is -4.20. The summed E-state index contributed by atoms with van der Waals surface area (Å²) < 4.78 is 11.3. The lowest BCUT2D eigenvalue weighted by Gasteiger charge is -2.13. The van der Waals surface area contributed by atoms with Crippen LogP contribution in [0.4, 0.5) is 0 Å². The van der Waals surface area contributed by atoms with Crippen molar-refractivity contribution < 1.29 is 24.2 Å². The molecule has 1 aromatic heterocycles. The number of rotatable bonds is 8. The molecule has 0 bridgehead atoms. The van der Waals surface area contributed by atoms with Gasteiger partial charge < -0.3 is 14.6 Å². The quantitative estimate of drug-likeness (QED) is 0.440. The first-order valence-corrected chi connectivity index (χ1v) is 8.94. The lowest BCUT2D eigenvalue weighted by Crippen LogP contribution is -2.17. The number of carboxylic acid groups (broad SMARTS) is 1. The Kier molecular flexibility index (Phi) is 6.73. The molecule has 0 aliphatic heterocycles. The Morgan fingerprint density at radius 1 is 1.07 bits per heavy atom. The first-order chi connectivity index (χ1) is 14.6. The van der Waals surface area contributed by atoms with Gasteiger partial charge in [0, 0.05) is 23.5 Å². The summed E-state index contributed by atoms with van der Waals surface area (Å²) in [7, 11) is 1.52. The van der Waals surface area contributed by atoms with E-state index in [4.69, 9.17) is 14.6 Å². The number of hydrazone groups is 1. The van der Waals surface area contributed by atoms with Gasteiger partial charge in [0.2, 0.25) is 0 Å². The van der Waals surface area contributed by atoms with Crippen LogP contribution in [0.25, 0.3) is 0 Å². The largest absolute Gasteiger partial charge is 0.493 e. The predicted octanol–water partition coefficient (Wildman–Crippen LogP) is 3.13. The monoisotopic (exact) mass is 405 g/mol. The number of para-hydroxylation sites is 1. The van der Waals surface area contributed by atoms with Crippen molar-refractivity contribution in [2.24, 2.45) is 5.10 Å². The van der Waals surface area contributed by atoms with Crippen LogP contribution < -0.4 is 14.9 Å². The van der Waals surface area contributed by atoms with Gasteiger partial charge in [-0.3, -0.25) is 9.78 Å². The zero-order valence-electron chi connectivity index (χ0n) is 16.1. The van der Waals surface area contributed by atoms with Crippen molar-refractivity contribution in [3.8, 4) is 11.5 Å². The minimum atomic E-state index is -0.987. The van der Waals surface area contributed by atoms with Crippen molar-refractivity contribution in [2.45, 2.75) is 6.61 Å². The number of ether oxygens (including phenoxy) is 2. The van der Waals surface area contributed by atoms with Crippen molar-refractivity contribution in [1.82, 2.24) is 10.4 Å². The Labute approximate surface area is 172 Å². The van der Waals surface area contributed by atoms with Gasteiger partial charge in [0.15, 0.2) is 11.5 Å².